The summed E-state index contributed by atoms with van der Waals surface area (Å²) in [6.07, 6.45) is -0.946. The molecule has 23 heavy (non-hydrogen) atoms. The Balaban J connectivity index is 2.39. The SMILES string of the molecule is CS/C(C)=N/OC(=O)NCSN(C)P(C)(=S)Oc1ccccc1. The van der Waals surface area contributed by atoms with Crippen molar-refractivity contribution in [3.05, 3.63) is 30.3 Å². The molecule has 0 aliphatic carbocycles. The molecule has 1 N–H and O–H groups in total. The maximum absolute atomic E-state index is 11.5. The first-order valence-electron chi connectivity index (χ1n) is 6.58. The van der Waals surface area contributed by atoms with E-state index in [2.05, 4.69) is 10.5 Å². The van der Waals surface area contributed by atoms with E-state index in [-0.39, 0.29) is 0 Å². The van der Waals surface area contributed by atoms with Crippen LogP contribution in [0.15, 0.2) is 35.5 Å². The zero-order chi connectivity index (χ0) is 17.3. The lowest BCUT2D eigenvalue weighted by molar-refractivity contribution is 0.153. The lowest BCUT2D eigenvalue weighted by Gasteiger charge is -2.27. The molecular weight excluding hydrogens is 373 g/mol. The smallest absolute Gasteiger partial charge is 0.434 e. The van der Waals surface area contributed by atoms with Crippen LogP contribution in [0.1, 0.15) is 6.92 Å². The Morgan fingerprint density at radius 3 is 2.70 bits per heavy atom. The average molecular weight is 393 g/mol. The van der Waals surface area contributed by atoms with E-state index in [1.54, 1.807) is 6.92 Å². The van der Waals surface area contributed by atoms with Gasteiger partial charge in [-0.1, -0.05) is 35.3 Å². The zero-order valence-electron chi connectivity index (χ0n) is 13.4. The molecule has 0 aliphatic heterocycles. The van der Waals surface area contributed by atoms with Gasteiger partial charge in [-0.25, -0.2) is 4.79 Å². The minimum absolute atomic E-state index is 0.313. The highest BCUT2D eigenvalue weighted by Crippen LogP contribution is 2.49. The van der Waals surface area contributed by atoms with Crippen molar-refractivity contribution in [1.29, 1.82) is 0 Å². The van der Waals surface area contributed by atoms with Crippen LogP contribution in [0.25, 0.3) is 0 Å². The molecule has 1 aromatic rings. The summed E-state index contributed by atoms with van der Waals surface area (Å²) < 4.78 is 7.73. The lowest BCUT2D eigenvalue weighted by atomic mass is 10.3. The minimum Gasteiger partial charge on any atom is -0.453 e. The summed E-state index contributed by atoms with van der Waals surface area (Å²) in [5.74, 6) is 1.05. The second-order valence-corrected chi connectivity index (χ2v) is 11.1. The Bertz CT molecular complexity index is 586. The summed E-state index contributed by atoms with van der Waals surface area (Å²) in [7, 11) is 1.84. The van der Waals surface area contributed by atoms with Crippen molar-refractivity contribution in [3.8, 4) is 5.75 Å². The molecule has 0 spiro atoms. The number of hydrogen-bond donors (Lipinski definition) is 1. The van der Waals surface area contributed by atoms with Gasteiger partial charge in [-0.15, -0.1) is 11.8 Å². The Morgan fingerprint density at radius 1 is 1.43 bits per heavy atom. The first-order valence-corrected chi connectivity index (χ1v) is 11.9. The molecular formula is C13H20N3O3PS3. The quantitative estimate of drug-likeness (QED) is 0.143. The van der Waals surface area contributed by atoms with Crippen molar-refractivity contribution < 1.29 is 14.2 Å². The Morgan fingerprint density at radius 2 is 2.09 bits per heavy atom. The summed E-state index contributed by atoms with van der Waals surface area (Å²) in [4.78, 5) is 16.2. The van der Waals surface area contributed by atoms with E-state index in [4.69, 9.17) is 21.2 Å². The first kappa shape index (κ1) is 20.3. The molecule has 1 amide bonds. The fourth-order valence-corrected chi connectivity index (χ4v) is 4.10. The molecule has 0 bridgehead atoms. The topological polar surface area (TPSA) is 63.2 Å². The molecule has 1 atom stereocenters. The summed E-state index contributed by atoms with van der Waals surface area (Å²) in [6, 6.07) is 9.44. The standard InChI is InChI=1S/C13H20N3O3PS3/c1-11(22-4)15-18-13(17)14-10-23-16(2)20(3,21)19-12-8-6-5-7-9-12/h5-9H,10H2,1-4H3,(H,14,17)/b15-11+. The van der Waals surface area contributed by atoms with Gasteiger partial charge < -0.3 is 9.84 Å². The van der Waals surface area contributed by atoms with Crippen LogP contribution in [0, 0.1) is 0 Å². The van der Waals surface area contributed by atoms with E-state index in [1.165, 1.54) is 23.7 Å². The van der Waals surface area contributed by atoms with Gasteiger partial charge in [-0.05, 0) is 37.1 Å². The van der Waals surface area contributed by atoms with Gasteiger partial charge >= 0.3 is 6.09 Å². The molecule has 1 aromatic carbocycles. The van der Waals surface area contributed by atoms with Crippen molar-refractivity contribution in [3.63, 3.8) is 0 Å². The van der Waals surface area contributed by atoms with Crippen molar-refractivity contribution >= 4 is 53.1 Å². The zero-order valence-corrected chi connectivity index (χ0v) is 16.7. The van der Waals surface area contributed by atoms with E-state index >= 15 is 0 Å². The van der Waals surface area contributed by atoms with Crippen LogP contribution >= 0.6 is 30.1 Å². The minimum atomic E-state index is -2.19. The third kappa shape index (κ3) is 8.08. The third-order valence-corrected chi connectivity index (χ3v) is 7.99. The van der Waals surface area contributed by atoms with Gasteiger partial charge in [0.2, 0.25) is 0 Å². The number of thioether (sulfide) groups is 1. The molecule has 10 heteroatoms. The van der Waals surface area contributed by atoms with Gasteiger partial charge in [0.25, 0.3) is 0 Å². The normalized spacial score (nSPS) is 14.2. The number of rotatable bonds is 7. The third-order valence-electron chi connectivity index (χ3n) is 2.55. The van der Waals surface area contributed by atoms with Crippen molar-refractivity contribution in [2.24, 2.45) is 5.16 Å². The fourth-order valence-electron chi connectivity index (χ4n) is 1.20. The molecule has 0 heterocycles. The van der Waals surface area contributed by atoms with Crippen LogP contribution < -0.4 is 9.84 Å². The van der Waals surface area contributed by atoms with Gasteiger partial charge in [-0.2, -0.15) is 4.08 Å². The average Bonchev–Trinajstić information content (AvgIpc) is 2.52. The fraction of sp³-hybridized carbons (Fsp3) is 0.385. The number of oxime groups is 1. The van der Waals surface area contributed by atoms with Crippen LogP contribution in [0.5, 0.6) is 5.75 Å². The van der Waals surface area contributed by atoms with Gasteiger partial charge in [0.05, 0.1) is 5.88 Å². The molecule has 0 radical (unpaired) electrons. The van der Waals surface area contributed by atoms with Crippen molar-refractivity contribution in [1.82, 2.24) is 9.39 Å². The number of para-hydroxylation sites is 1. The van der Waals surface area contributed by atoms with Crippen molar-refractivity contribution in [2.75, 3.05) is 25.8 Å². The summed E-state index contributed by atoms with van der Waals surface area (Å²) in [5, 5.41) is 6.91. The molecule has 0 saturated carbocycles. The second-order valence-electron chi connectivity index (χ2n) is 4.31. The van der Waals surface area contributed by atoms with Crippen LogP contribution in [-0.4, -0.2) is 41.1 Å². The van der Waals surface area contributed by atoms with E-state index in [0.29, 0.717) is 10.9 Å². The number of benzene rings is 1. The van der Waals surface area contributed by atoms with E-state index in [1.807, 2.05) is 54.4 Å². The van der Waals surface area contributed by atoms with Gasteiger partial charge in [0.1, 0.15) is 10.8 Å². The number of hydrogen-bond acceptors (Lipinski definition) is 7. The molecule has 0 aliphatic rings. The van der Waals surface area contributed by atoms with Gasteiger partial charge in [0, 0.05) is 13.7 Å². The largest absolute Gasteiger partial charge is 0.453 e. The molecule has 128 valence electrons. The molecule has 1 rings (SSSR count). The van der Waals surface area contributed by atoms with E-state index < -0.39 is 12.5 Å². The van der Waals surface area contributed by atoms with E-state index in [9.17, 15) is 4.79 Å². The molecule has 0 aromatic heterocycles. The monoisotopic (exact) mass is 393 g/mol. The number of nitrogens with zero attached hydrogens (tertiary/aromatic N) is 2. The number of nitrogens with one attached hydrogen (secondary N) is 1. The summed E-state index contributed by atoms with van der Waals surface area (Å²) in [5.41, 5.74) is 0. The predicted molar refractivity (Wildman–Crippen MR) is 104 cm³/mol. The maximum atomic E-state index is 11.5. The predicted octanol–water partition coefficient (Wildman–Crippen LogP) is 3.96. The van der Waals surface area contributed by atoms with Crippen LogP contribution in [0.4, 0.5) is 4.79 Å². The molecule has 1 unspecified atom stereocenters. The molecule has 0 fully saturated rings. The summed E-state index contributed by atoms with van der Waals surface area (Å²) >= 11 is 8.32. The number of amides is 1. The highest BCUT2D eigenvalue weighted by molar-refractivity contribution is 8.17. The van der Waals surface area contributed by atoms with E-state index in [0.717, 1.165) is 5.75 Å². The van der Waals surface area contributed by atoms with Crippen LogP contribution in [-0.2, 0) is 16.6 Å². The van der Waals surface area contributed by atoms with Crippen LogP contribution in [0.3, 0.4) is 0 Å². The maximum Gasteiger partial charge on any atom is 0.434 e. The first-order chi connectivity index (χ1) is 10.8. The van der Waals surface area contributed by atoms with Gasteiger partial charge in [0.15, 0.2) is 6.42 Å². The Hall–Kier alpha value is -0.730. The summed E-state index contributed by atoms with van der Waals surface area (Å²) in [6.45, 7) is 3.64. The van der Waals surface area contributed by atoms with Crippen LogP contribution in [0.2, 0.25) is 0 Å². The lowest BCUT2D eigenvalue weighted by Crippen LogP contribution is -2.24. The highest BCUT2D eigenvalue weighted by atomic mass is 32.5. The van der Waals surface area contributed by atoms with Crippen molar-refractivity contribution in [2.45, 2.75) is 6.92 Å². The Labute approximate surface area is 150 Å². The number of carbonyl (C=O) groups excluding carboxylic acids is 1. The highest BCUT2D eigenvalue weighted by Gasteiger charge is 2.20. The number of carbonyl (C=O) groups is 1. The molecule has 0 saturated heterocycles. The Kier molecular flexibility index (Phi) is 9.01. The van der Waals surface area contributed by atoms with Gasteiger partial charge in [-0.3, -0.25) is 4.84 Å². The second kappa shape index (κ2) is 10.2. The molecule has 6 nitrogen and oxygen atoms in total.